The Kier molecular flexibility index (Phi) is 7.83. The van der Waals surface area contributed by atoms with Gasteiger partial charge in [0.15, 0.2) is 5.96 Å². The lowest BCUT2D eigenvalue weighted by molar-refractivity contribution is -0.132. The highest BCUT2D eigenvalue weighted by Gasteiger charge is 2.44. The summed E-state index contributed by atoms with van der Waals surface area (Å²) in [7, 11) is 0. The fraction of sp³-hybridized carbons (Fsp3) is 0.500. The number of carbonyl (C=O) groups is 2. The first-order chi connectivity index (χ1) is 18.1. The van der Waals surface area contributed by atoms with E-state index in [9.17, 15) is 14.7 Å². The number of benzene rings is 2. The minimum atomic E-state index is -0.952. The maximum Gasteiger partial charge on any atom is 0.251 e. The smallest absolute Gasteiger partial charge is 0.251 e. The van der Waals surface area contributed by atoms with Gasteiger partial charge in [-0.25, -0.2) is 0 Å². The molecule has 204 valence electrons. The molecule has 4 rings (SSSR count). The van der Waals surface area contributed by atoms with Gasteiger partial charge in [-0.3, -0.25) is 19.9 Å². The van der Waals surface area contributed by atoms with Crippen molar-refractivity contribution < 1.29 is 19.4 Å². The fourth-order valence-electron chi connectivity index (χ4n) is 5.59. The van der Waals surface area contributed by atoms with Gasteiger partial charge in [-0.1, -0.05) is 57.5 Å². The van der Waals surface area contributed by atoms with E-state index < -0.39 is 23.3 Å². The molecule has 8 nitrogen and oxygen atoms in total. The van der Waals surface area contributed by atoms with Crippen molar-refractivity contribution >= 4 is 17.8 Å². The van der Waals surface area contributed by atoms with E-state index in [0.717, 1.165) is 30.4 Å². The number of ether oxygens (including phenoxy) is 1. The zero-order valence-electron chi connectivity index (χ0n) is 23.0. The Morgan fingerprint density at radius 1 is 1.18 bits per heavy atom. The second kappa shape index (κ2) is 10.8. The summed E-state index contributed by atoms with van der Waals surface area (Å²) >= 11 is 0. The van der Waals surface area contributed by atoms with Gasteiger partial charge in [0.25, 0.3) is 5.91 Å². The molecule has 2 aromatic carbocycles. The molecule has 0 aliphatic carbocycles. The Bertz CT molecular complexity index is 1190. The average Bonchev–Trinajstić information content (AvgIpc) is 2.90. The SMILES string of the molecule is CCCC(c1cccc(C(=O)NC2c3ccccc3OC(C)(C)C2O)c1)N1C(=N)NC(CC)(CC)CC1=O. The molecule has 0 aromatic heterocycles. The van der Waals surface area contributed by atoms with Gasteiger partial charge >= 0.3 is 0 Å². The van der Waals surface area contributed by atoms with E-state index in [1.165, 1.54) is 0 Å². The number of hydrogen-bond donors (Lipinski definition) is 4. The van der Waals surface area contributed by atoms with Crippen LogP contribution < -0.4 is 15.4 Å². The normalized spacial score (nSPS) is 22.6. The summed E-state index contributed by atoms with van der Waals surface area (Å²) in [6.07, 6.45) is 2.37. The van der Waals surface area contributed by atoms with Crippen LogP contribution in [-0.2, 0) is 4.79 Å². The summed E-state index contributed by atoms with van der Waals surface area (Å²) in [6, 6.07) is 13.6. The minimum Gasteiger partial charge on any atom is -0.485 e. The molecule has 0 saturated carbocycles. The maximum absolute atomic E-state index is 13.5. The zero-order valence-corrected chi connectivity index (χ0v) is 23.0. The largest absolute Gasteiger partial charge is 0.485 e. The Hall–Kier alpha value is -3.39. The Morgan fingerprint density at radius 3 is 2.55 bits per heavy atom. The van der Waals surface area contributed by atoms with Crippen LogP contribution in [0.4, 0.5) is 0 Å². The first-order valence-corrected chi connectivity index (χ1v) is 13.6. The third kappa shape index (κ3) is 5.14. The highest BCUT2D eigenvalue weighted by molar-refractivity contribution is 6.00. The van der Waals surface area contributed by atoms with Crippen molar-refractivity contribution in [3.8, 4) is 5.75 Å². The number of guanidine groups is 1. The van der Waals surface area contributed by atoms with E-state index in [-0.39, 0.29) is 23.8 Å². The fourth-order valence-corrected chi connectivity index (χ4v) is 5.59. The maximum atomic E-state index is 13.5. The number of hydrogen-bond acceptors (Lipinski definition) is 5. The third-order valence-electron chi connectivity index (χ3n) is 8.09. The quantitative estimate of drug-likeness (QED) is 0.397. The van der Waals surface area contributed by atoms with Crippen LogP contribution >= 0.6 is 0 Å². The molecule has 2 aliphatic rings. The molecule has 1 saturated heterocycles. The van der Waals surface area contributed by atoms with Crippen LogP contribution in [0.25, 0.3) is 0 Å². The highest BCUT2D eigenvalue weighted by atomic mass is 16.5. The Morgan fingerprint density at radius 2 is 1.89 bits per heavy atom. The van der Waals surface area contributed by atoms with E-state index in [0.29, 0.717) is 24.2 Å². The first kappa shape index (κ1) is 27.6. The Balaban J connectivity index is 1.61. The topological polar surface area (TPSA) is 115 Å². The summed E-state index contributed by atoms with van der Waals surface area (Å²) in [6.45, 7) is 9.71. The summed E-state index contributed by atoms with van der Waals surface area (Å²) in [5.74, 6) is 0.347. The lowest BCUT2D eigenvalue weighted by Gasteiger charge is -2.45. The van der Waals surface area contributed by atoms with E-state index in [1.54, 1.807) is 36.9 Å². The molecule has 4 N–H and O–H groups in total. The predicted octanol–water partition coefficient (Wildman–Crippen LogP) is 4.85. The predicted molar refractivity (Wildman–Crippen MR) is 147 cm³/mol. The van der Waals surface area contributed by atoms with Crippen molar-refractivity contribution in [1.29, 1.82) is 5.41 Å². The summed E-state index contributed by atoms with van der Waals surface area (Å²) in [4.78, 5) is 28.4. The third-order valence-corrected chi connectivity index (χ3v) is 8.09. The molecule has 8 heteroatoms. The van der Waals surface area contributed by atoms with Gasteiger partial charge in [-0.15, -0.1) is 0 Å². The van der Waals surface area contributed by atoms with Crippen LogP contribution in [0.3, 0.4) is 0 Å². The van der Waals surface area contributed by atoms with Crippen LogP contribution in [0.15, 0.2) is 48.5 Å². The van der Waals surface area contributed by atoms with E-state index in [2.05, 4.69) is 10.6 Å². The van der Waals surface area contributed by atoms with Crippen LogP contribution in [0.5, 0.6) is 5.75 Å². The molecule has 2 aromatic rings. The van der Waals surface area contributed by atoms with Crippen molar-refractivity contribution in [3.05, 3.63) is 65.2 Å². The van der Waals surface area contributed by atoms with E-state index in [1.807, 2.05) is 51.1 Å². The highest BCUT2D eigenvalue weighted by Crippen LogP contribution is 2.40. The lowest BCUT2D eigenvalue weighted by atomic mass is 9.85. The minimum absolute atomic E-state index is 0.0741. The van der Waals surface area contributed by atoms with Gasteiger partial charge in [0.2, 0.25) is 5.91 Å². The Labute approximate surface area is 225 Å². The van der Waals surface area contributed by atoms with E-state index in [4.69, 9.17) is 10.1 Å². The van der Waals surface area contributed by atoms with Gasteiger partial charge in [0, 0.05) is 16.7 Å². The van der Waals surface area contributed by atoms with Gasteiger partial charge in [-0.2, -0.15) is 0 Å². The monoisotopic (exact) mass is 520 g/mol. The van der Waals surface area contributed by atoms with Crippen LogP contribution in [0.2, 0.25) is 0 Å². The molecular formula is C30H40N4O4. The molecule has 38 heavy (non-hydrogen) atoms. The van der Waals surface area contributed by atoms with Crippen LogP contribution in [-0.4, -0.2) is 45.0 Å². The molecule has 2 heterocycles. The summed E-state index contributed by atoms with van der Waals surface area (Å²) in [5, 5.41) is 26.1. The molecule has 3 atom stereocenters. The number of aliphatic hydroxyl groups is 1. The van der Waals surface area contributed by atoms with Gasteiger partial charge in [0.05, 0.1) is 18.5 Å². The number of para-hydroxylation sites is 1. The number of aliphatic hydroxyl groups excluding tert-OH is 1. The second-order valence-electron chi connectivity index (χ2n) is 11.0. The molecule has 0 spiro atoms. The van der Waals surface area contributed by atoms with Gasteiger partial charge in [0.1, 0.15) is 17.5 Å². The first-order valence-electron chi connectivity index (χ1n) is 13.6. The molecule has 2 amide bonds. The van der Waals surface area contributed by atoms with Crippen molar-refractivity contribution in [3.63, 3.8) is 0 Å². The van der Waals surface area contributed by atoms with Crippen molar-refractivity contribution in [2.24, 2.45) is 0 Å². The number of nitrogens with one attached hydrogen (secondary N) is 3. The lowest BCUT2D eigenvalue weighted by Crippen LogP contribution is -2.62. The number of rotatable bonds is 8. The zero-order chi connectivity index (χ0) is 27.7. The van der Waals surface area contributed by atoms with Crippen LogP contribution in [0, 0.1) is 5.41 Å². The molecular weight excluding hydrogens is 480 g/mol. The number of fused-ring (bicyclic) bond motifs is 1. The number of amides is 2. The van der Waals surface area contributed by atoms with Crippen LogP contribution in [0.1, 0.15) is 100 Å². The van der Waals surface area contributed by atoms with Gasteiger partial charge in [-0.05, 0) is 56.9 Å². The second-order valence-corrected chi connectivity index (χ2v) is 11.0. The van der Waals surface area contributed by atoms with Crippen molar-refractivity contribution in [1.82, 2.24) is 15.5 Å². The van der Waals surface area contributed by atoms with Crippen molar-refractivity contribution in [2.45, 2.75) is 96.1 Å². The average molecular weight is 521 g/mol. The molecule has 0 bridgehead atoms. The molecule has 2 aliphatic heterocycles. The molecule has 1 fully saturated rings. The summed E-state index contributed by atoms with van der Waals surface area (Å²) in [5.41, 5.74) is 0.680. The standard InChI is InChI=1S/C30H40N4O4/c1-6-12-22(34-24(35)18-30(7-2,8-3)33-28(34)31)19-13-11-14-20(17-19)27(37)32-25-21-15-9-10-16-23(21)38-29(4,5)26(25)36/h9-11,13-17,22,25-26,36H,6-8,12,18H2,1-5H3,(H2,31,33)(H,32,37). The summed E-state index contributed by atoms with van der Waals surface area (Å²) < 4.78 is 5.98. The van der Waals surface area contributed by atoms with Crippen molar-refractivity contribution in [2.75, 3.05) is 0 Å². The van der Waals surface area contributed by atoms with E-state index >= 15 is 0 Å². The molecule has 3 unspecified atom stereocenters. The molecule has 0 radical (unpaired) electrons. The number of nitrogens with zero attached hydrogens (tertiary/aromatic N) is 1. The van der Waals surface area contributed by atoms with Gasteiger partial charge < -0.3 is 20.5 Å². The number of carbonyl (C=O) groups excluding carboxylic acids is 2.